The molecule has 0 amide bonds. The summed E-state index contributed by atoms with van der Waals surface area (Å²) < 4.78 is 1.19. The average Bonchev–Trinajstić information content (AvgIpc) is 2.87. The lowest BCUT2D eigenvalue weighted by Gasteiger charge is -2.15. The summed E-state index contributed by atoms with van der Waals surface area (Å²) in [6, 6.07) is 13.5. The van der Waals surface area contributed by atoms with Crippen molar-refractivity contribution in [3.05, 3.63) is 63.6 Å². The molecule has 1 heteroatoms. The molecule has 0 nitrogen and oxygen atoms in total. The molecule has 1 atom stereocenters. The van der Waals surface area contributed by atoms with Gasteiger partial charge in [-0.3, -0.25) is 0 Å². The average molecular weight is 341 g/mol. The number of hydrogen-bond acceptors (Lipinski definition) is 0. The molecule has 1 aliphatic rings. The smallest absolute Gasteiger partial charge is 0.0257 e. The zero-order valence-electron chi connectivity index (χ0n) is 12.7. The zero-order chi connectivity index (χ0) is 14.8. The van der Waals surface area contributed by atoms with Crippen LogP contribution in [0.25, 0.3) is 17.2 Å². The van der Waals surface area contributed by atoms with Crippen LogP contribution < -0.4 is 0 Å². The number of aryl methyl sites for hydroxylation is 1. The maximum Gasteiger partial charge on any atom is 0.0257 e. The van der Waals surface area contributed by atoms with E-state index in [0.717, 1.165) is 0 Å². The van der Waals surface area contributed by atoms with E-state index in [2.05, 4.69) is 78.3 Å². The van der Waals surface area contributed by atoms with Gasteiger partial charge in [-0.2, -0.15) is 0 Å². The minimum absolute atomic E-state index is 0.493. The monoisotopic (exact) mass is 340 g/mol. The number of halogens is 1. The summed E-state index contributed by atoms with van der Waals surface area (Å²) in [6.45, 7) is 4.51. The molecule has 0 fully saturated rings. The van der Waals surface area contributed by atoms with E-state index in [4.69, 9.17) is 0 Å². The van der Waals surface area contributed by atoms with E-state index in [1.807, 2.05) is 0 Å². The molecular weight excluding hydrogens is 320 g/mol. The van der Waals surface area contributed by atoms with Crippen LogP contribution in [-0.4, -0.2) is 0 Å². The van der Waals surface area contributed by atoms with Crippen LogP contribution in [0.15, 0.2) is 46.9 Å². The van der Waals surface area contributed by atoms with Crippen molar-refractivity contribution in [1.29, 1.82) is 0 Å². The summed E-state index contributed by atoms with van der Waals surface area (Å²) in [7, 11) is 0. The molecule has 21 heavy (non-hydrogen) atoms. The molecule has 1 unspecified atom stereocenters. The van der Waals surface area contributed by atoms with Gasteiger partial charge in [-0.05, 0) is 41.2 Å². The second kappa shape index (κ2) is 6.19. The number of rotatable bonds is 4. The molecule has 0 aliphatic heterocycles. The van der Waals surface area contributed by atoms with Gasteiger partial charge in [0.25, 0.3) is 0 Å². The van der Waals surface area contributed by atoms with Crippen molar-refractivity contribution in [2.24, 2.45) is 0 Å². The molecular formula is C20H21Br. The quantitative estimate of drug-likeness (QED) is 0.588. The first-order chi connectivity index (χ1) is 10.2. The number of hydrogen-bond donors (Lipinski definition) is 0. The highest BCUT2D eigenvalue weighted by molar-refractivity contribution is 9.10. The summed E-state index contributed by atoms with van der Waals surface area (Å²) >= 11 is 3.75. The van der Waals surface area contributed by atoms with Gasteiger partial charge in [0.15, 0.2) is 0 Å². The normalized spacial score (nSPS) is 16.2. The number of fused-ring (bicyclic) bond motifs is 1. The van der Waals surface area contributed by atoms with Crippen molar-refractivity contribution < 1.29 is 0 Å². The van der Waals surface area contributed by atoms with Gasteiger partial charge in [0.1, 0.15) is 0 Å². The van der Waals surface area contributed by atoms with Gasteiger partial charge < -0.3 is 0 Å². The Morgan fingerprint density at radius 1 is 1.05 bits per heavy atom. The Morgan fingerprint density at radius 3 is 2.52 bits per heavy atom. The highest BCUT2D eigenvalue weighted by atomic mass is 79.9. The van der Waals surface area contributed by atoms with Gasteiger partial charge in [-0.1, -0.05) is 78.7 Å². The van der Waals surface area contributed by atoms with Crippen LogP contribution in [0.5, 0.6) is 0 Å². The zero-order valence-corrected chi connectivity index (χ0v) is 14.3. The first-order valence-electron chi connectivity index (χ1n) is 7.80. The van der Waals surface area contributed by atoms with Crippen molar-refractivity contribution in [2.75, 3.05) is 0 Å². The van der Waals surface area contributed by atoms with Gasteiger partial charge in [0.05, 0.1) is 0 Å². The molecule has 0 saturated carbocycles. The van der Waals surface area contributed by atoms with Gasteiger partial charge in [-0.25, -0.2) is 0 Å². The SMILES string of the molecule is CCCCc1ccc(-c2c(Br)ccc3c2C(C)C=C3)cc1. The maximum absolute atomic E-state index is 3.75. The molecule has 2 aromatic rings. The standard InChI is InChI=1S/C20H21Br/c1-3-4-5-15-7-10-17(11-8-15)20-18(21)13-12-16-9-6-14(2)19(16)20/h6-14H,3-5H2,1-2H3. The fourth-order valence-electron chi connectivity index (χ4n) is 3.10. The van der Waals surface area contributed by atoms with Crippen molar-refractivity contribution in [2.45, 2.75) is 39.0 Å². The van der Waals surface area contributed by atoms with E-state index in [0.29, 0.717) is 5.92 Å². The second-order valence-corrected chi connectivity index (χ2v) is 6.73. The molecule has 1 aliphatic carbocycles. The summed E-state index contributed by atoms with van der Waals surface area (Å²) in [5.41, 5.74) is 6.92. The second-order valence-electron chi connectivity index (χ2n) is 5.87. The lowest BCUT2D eigenvalue weighted by atomic mass is 9.91. The van der Waals surface area contributed by atoms with Crippen LogP contribution in [0, 0.1) is 0 Å². The van der Waals surface area contributed by atoms with Crippen molar-refractivity contribution in [1.82, 2.24) is 0 Å². The minimum Gasteiger partial charge on any atom is -0.0766 e. The van der Waals surface area contributed by atoms with Gasteiger partial charge in [0.2, 0.25) is 0 Å². The molecule has 0 N–H and O–H groups in total. The predicted octanol–water partition coefficient (Wildman–Crippen LogP) is 6.59. The molecule has 0 bridgehead atoms. The Hall–Kier alpha value is -1.34. The number of allylic oxidation sites excluding steroid dienone is 1. The first kappa shape index (κ1) is 14.6. The Bertz CT molecular complexity index is 665. The van der Waals surface area contributed by atoms with Crippen LogP contribution in [0.2, 0.25) is 0 Å². The third kappa shape index (κ3) is 2.85. The molecule has 108 valence electrons. The summed E-state index contributed by atoms with van der Waals surface area (Å²) in [6.07, 6.45) is 8.23. The van der Waals surface area contributed by atoms with Gasteiger partial charge in [-0.15, -0.1) is 0 Å². The molecule has 0 aromatic heterocycles. The number of benzene rings is 2. The summed E-state index contributed by atoms with van der Waals surface area (Å²) in [5, 5.41) is 0. The molecule has 3 rings (SSSR count). The summed E-state index contributed by atoms with van der Waals surface area (Å²) in [4.78, 5) is 0. The first-order valence-corrected chi connectivity index (χ1v) is 8.60. The molecule has 0 spiro atoms. The van der Waals surface area contributed by atoms with Crippen LogP contribution >= 0.6 is 15.9 Å². The third-order valence-corrected chi connectivity index (χ3v) is 4.97. The Balaban J connectivity index is 2.00. The Labute approximate surface area is 136 Å². The molecule has 0 saturated heterocycles. The van der Waals surface area contributed by atoms with E-state index in [1.165, 1.54) is 51.6 Å². The van der Waals surface area contributed by atoms with Crippen LogP contribution in [0.4, 0.5) is 0 Å². The fraction of sp³-hybridized carbons (Fsp3) is 0.300. The van der Waals surface area contributed by atoms with Crippen molar-refractivity contribution in [3.8, 4) is 11.1 Å². The van der Waals surface area contributed by atoms with E-state index in [9.17, 15) is 0 Å². The topological polar surface area (TPSA) is 0 Å². The maximum atomic E-state index is 3.75. The third-order valence-electron chi connectivity index (χ3n) is 4.31. The minimum atomic E-state index is 0.493. The van der Waals surface area contributed by atoms with Crippen LogP contribution in [-0.2, 0) is 6.42 Å². The highest BCUT2D eigenvalue weighted by Crippen LogP contribution is 2.42. The van der Waals surface area contributed by atoms with E-state index in [1.54, 1.807) is 0 Å². The molecule has 0 radical (unpaired) electrons. The van der Waals surface area contributed by atoms with Crippen LogP contribution in [0.1, 0.15) is 49.3 Å². The lowest BCUT2D eigenvalue weighted by molar-refractivity contribution is 0.795. The molecule has 2 aromatic carbocycles. The van der Waals surface area contributed by atoms with Crippen molar-refractivity contribution in [3.63, 3.8) is 0 Å². The van der Waals surface area contributed by atoms with Gasteiger partial charge >= 0.3 is 0 Å². The van der Waals surface area contributed by atoms with E-state index < -0.39 is 0 Å². The van der Waals surface area contributed by atoms with E-state index >= 15 is 0 Å². The largest absolute Gasteiger partial charge is 0.0766 e. The van der Waals surface area contributed by atoms with E-state index in [-0.39, 0.29) is 0 Å². The van der Waals surface area contributed by atoms with Crippen molar-refractivity contribution >= 4 is 22.0 Å². The fourth-order valence-corrected chi connectivity index (χ4v) is 3.68. The van der Waals surface area contributed by atoms with Crippen LogP contribution in [0.3, 0.4) is 0 Å². The number of unbranched alkanes of at least 4 members (excludes halogenated alkanes) is 1. The predicted molar refractivity (Wildman–Crippen MR) is 95.6 cm³/mol. The lowest BCUT2D eigenvalue weighted by Crippen LogP contribution is -1.95. The highest BCUT2D eigenvalue weighted by Gasteiger charge is 2.20. The Kier molecular flexibility index (Phi) is 4.30. The Morgan fingerprint density at radius 2 is 1.81 bits per heavy atom. The molecule has 0 heterocycles. The summed E-state index contributed by atoms with van der Waals surface area (Å²) in [5.74, 6) is 0.493. The van der Waals surface area contributed by atoms with Gasteiger partial charge in [0, 0.05) is 16.0 Å².